The molecule has 1 aromatic carbocycles. The van der Waals surface area contributed by atoms with Crippen molar-refractivity contribution in [3.05, 3.63) is 58.9 Å². The van der Waals surface area contributed by atoms with Gasteiger partial charge in [-0.3, -0.25) is 4.79 Å². The Kier molecular flexibility index (Phi) is 5.82. The third-order valence-corrected chi connectivity index (χ3v) is 4.78. The standard InChI is InChI=1S/C20H17FN2O2S/c1-2-3-4-11-25-16-9-5-7-15(18(16)21)13-23-19(24)17-12-14-8-6-10-22-20(14)26-17/h1,5-10,12H,3-4,11,13H2,(H,23,24). The van der Waals surface area contributed by atoms with Crippen LogP contribution in [0.15, 0.2) is 42.6 Å². The van der Waals surface area contributed by atoms with Crippen molar-refractivity contribution in [2.45, 2.75) is 19.4 Å². The van der Waals surface area contributed by atoms with Gasteiger partial charge in [0.2, 0.25) is 0 Å². The third-order valence-electron chi connectivity index (χ3n) is 3.72. The minimum atomic E-state index is -0.466. The molecule has 0 fully saturated rings. The Hall–Kier alpha value is -2.91. The van der Waals surface area contributed by atoms with Gasteiger partial charge in [0.25, 0.3) is 5.91 Å². The van der Waals surface area contributed by atoms with Gasteiger partial charge >= 0.3 is 0 Å². The SMILES string of the molecule is C#CCCCOc1cccc(CNC(=O)c2cc3cccnc3s2)c1F. The smallest absolute Gasteiger partial charge is 0.261 e. The number of pyridine rings is 1. The van der Waals surface area contributed by atoms with Crippen molar-refractivity contribution < 1.29 is 13.9 Å². The van der Waals surface area contributed by atoms with Gasteiger partial charge in [0.1, 0.15) is 4.83 Å². The molecule has 2 heterocycles. The first-order valence-corrected chi connectivity index (χ1v) is 8.97. The van der Waals surface area contributed by atoms with E-state index in [-0.39, 0.29) is 18.2 Å². The van der Waals surface area contributed by atoms with Crippen molar-refractivity contribution in [1.29, 1.82) is 0 Å². The maximum atomic E-state index is 14.5. The fraction of sp³-hybridized carbons (Fsp3) is 0.200. The average molecular weight is 368 g/mol. The van der Waals surface area contributed by atoms with E-state index in [1.807, 2.05) is 12.1 Å². The number of rotatable bonds is 7. The maximum Gasteiger partial charge on any atom is 0.261 e. The van der Waals surface area contributed by atoms with E-state index in [2.05, 4.69) is 16.2 Å². The second-order valence-electron chi connectivity index (χ2n) is 5.58. The van der Waals surface area contributed by atoms with Crippen LogP contribution in [0.1, 0.15) is 28.1 Å². The van der Waals surface area contributed by atoms with Crippen molar-refractivity contribution in [2.75, 3.05) is 6.61 Å². The minimum absolute atomic E-state index is 0.0773. The molecule has 0 aliphatic rings. The lowest BCUT2D eigenvalue weighted by atomic mass is 10.2. The molecular weight excluding hydrogens is 351 g/mol. The second-order valence-corrected chi connectivity index (χ2v) is 6.61. The number of nitrogens with one attached hydrogen (secondary N) is 1. The lowest BCUT2D eigenvalue weighted by molar-refractivity contribution is 0.0954. The van der Waals surface area contributed by atoms with Crippen LogP contribution >= 0.6 is 11.3 Å². The van der Waals surface area contributed by atoms with Gasteiger partial charge in [-0.05, 0) is 24.6 Å². The molecule has 6 heteroatoms. The fourth-order valence-electron chi connectivity index (χ4n) is 2.41. The molecule has 0 unspecified atom stereocenters. The summed E-state index contributed by atoms with van der Waals surface area (Å²) in [6.45, 7) is 0.430. The molecular formula is C20H17FN2O2S. The van der Waals surface area contributed by atoms with E-state index in [1.165, 1.54) is 11.3 Å². The van der Waals surface area contributed by atoms with Gasteiger partial charge in [0.05, 0.1) is 11.5 Å². The van der Waals surface area contributed by atoms with Crippen LogP contribution in [-0.4, -0.2) is 17.5 Å². The highest BCUT2D eigenvalue weighted by atomic mass is 32.1. The molecule has 4 nitrogen and oxygen atoms in total. The molecule has 26 heavy (non-hydrogen) atoms. The Morgan fingerprint density at radius 1 is 1.35 bits per heavy atom. The highest BCUT2D eigenvalue weighted by Gasteiger charge is 2.13. The van der Waals surface area contributed by atoms with Crippen LogP contribution in [0.2, 0.25) is 0 Å². The molecule has 1 N–H and O–H groups in total. The van der Waals surface area contributed by atoms with Gasteiger partial charge in [-0.1, -0.05) is 18.2 Å². The maximum absolute atomic E-state index is 14.5. The Balaban J connectivity index is 1.63. The minimum Gasteiger partial charge on any atom is -0.490 e. The second kappa shape index (κ2) is 8.45. The first-order chi connectivity index (χ1) is 12.7. The Labute approximate surface area is 155 Å². The molecule has 3 aromatic rings. The van der Waals surface area contributed by atoms with Crippen molar-refractivity contribution in [3.63, 3.8) is 0 Å². The van der Waals surface area contributed by atoms with E-state index in [1.54, 1.807) is 30.5 Å². The Bertz CT molecular complexity index is 929. The van der Waals surface area contributed by atoms with Crippen LogP contribution in [0, 0.1) is 18.2 Å². The predicted octanol–water partition coefficient (Wildman–Crippen LogP) is 4.16. The van der Waals surface area contributed by atoms with Crippen LogP contribution in [0.25, 0.3) is 10.2 Å². The van der Waals surface area contributed by atoms with Gasteiger partial charge in [-0.2, -0.15) is 0 Å². The highest BCUT2D eigenvalue weighted by molar-refractivity contribution is 7.20. The molecule has 0 saturated heterocycles. The van der Waals surface area contributed by atoms with Gasteiger partial charge in [0.15, 0.2) is 11.6 Å². The summed E-state index contributed by atoms with van der Waals surface area (Å²) in [7, 11) is 0. The molecule has 0 aliphatic carbocycles. The number of unbranched alkanes of at least 4 members (excludes halogenated alkanes) is 1. The quantitative estimate of drug-likeness (QED) is 0.503. The number of thiophene rings is 1. The molecule has 132 valence electrons. The van der Waals surface area contributed by atoms with Gasteiger partial charge in [-0.25, -0.2) is 9.37 Å². The fourth-order valence-corrected chi connectivity index (χ4v) is 3.33. The summed E-state index contributed by atoms with van der Waals surface area (Å²) in [6, 6.07) is 10.4. The van der Waals surface area contributed by atoms with Crippen LogP contribution in [0.3, 0.4) is 0 Å². The van der Waals surface area contributed by atoms with E-state index >= 15 is 0 Å². The molecule has 0 radical (unpaired) electrons. The number of halogens is 1. The summed E-state index contributed by atoms with van der Waals surface area (Å²) in [5.74, 6) is 1.96. The van der Waals surface area contributed by atoms with E-state index in [0.717, 1.165) is 10.2 Å². The predicted molar refractivity (Wildman–Crippen MR) is 101 cm³/mol. The number of benzene rings is 1. The molecule has 0 atom stereocenters. The highest BCUT2D eigenvalue weighted by Crippen LogP contribution is 2.24. The van der Waals surface area contributed by atoms with E-state index in [0.29, 0.717) is 29.9 Å². The number of nitrogens with zero attached hydrogens (tertiary/aromatic N) is 1. The van der Waals surface area contributed by atoms with Crippen LogP contribution in [0.4, 0.5) is 4.39 Å². The summed E-state index contributed by atoms with van der Waals surface area (Å²) in [6.07, 6.45) is 8.11. The van der Waals surface area contributed by atoms with Crippen LogP contribution in [-0.2, 0) is 6.54 Å². The zero-order chi connectivity index (χ0) is 18.4. The Morgan fingerprint density at radius 3 is 3.04 bits per heavy atom. The summed E-state index contributed by atoms with van der Waals surface area (Å²) >= 11 is 1.31. The number of ether oxygens (including phenoxy) is 1. The van der Waals surface area contributed by atoms with E-state index in [9.17, 15) is 9.18 Å². The van der Waals surface area contributed by atoms with E-state index in [4.69, 9.17) is 11.2 Å². The van der Waals surface area contributed by atoms with E-state index < -0.39 is 5.82 Å². The Morgan fingerprint density at radius 2 is 2.23 bits per heavy atom. The average Bonchev–Trinajstić information content (AvgIpc) is 3.09. The molecule has 2 aromatic heterocycles. The number of hydrogen-bond acceptors (Lipinski definition) is 4. The molecule has 0 spiro atoms. The normalized spacial score (nSPS) is 10.5. The van der Waals surface area contributed by atoms with Crippen molar-refractivity contribution in [3.8, 4) is 18.1 Å². The summed E-state index contributed by atoms with van der Waals surface area (Å²) < 4.78 is 19.9. The zero-order valence-electron chi connectivity index (χ0n) is 14.0. The largest absolute Gasteiger partial charge is 0.490 e. The lowest BCUT2D eigenvalue weighted by Crippen LogP contribution is -2.22. The van der Waals surface area contributed by atoms with Gasteiger partial charge in [0, 0.05) is 30.1 Å². The van der Waals surface area contributed by atoms with Crippen molar-refractivity contribution in [2.24, 2.45) is 0 Å². The first kappa shape index (κ1) is 17.9. The summed E-state index contributed by atoms with van der Waals surface area (Å²) in [5, 5.41) is 3.66. The van der Waals surface area contributed by atoms with Crippen LogP contribution < -0.4 is 10.1 Å². The monoisotopic (exact) mass is 368 g/mol. The number of carbonyl (C=O) groups is 1. The number of hydrogen-bond donors (Lipinski definition) is 1. The molecule has 0 aliphatic heterocycles. The molecule has 1 amide bonds. The van der Waals surface area contributed by atoms with Crippen molar-refractivity contribution >= 4 is 27.5 Å². The number of carbonyl (C=O) groups excluding carboxylic acids is 1. The summed E-state index contributed by atoms with van der Waals surface area (Å²) in [4.78, 5) is 17.9. The number of amides is 1. The number of aromatic nitrogens is 1. The number of terminal acetylenes is 1. The lowest BCUT2D eigenvalue weighted by Gasteiger charge is -2.10. The molecule has 0 saturated carbocycles. The van der Waals surface area contributed by atoms with Crippen LogP contribution in [0.5, 0.6) is 5.75 Å². The van der Waals surface area contributed by atoms with Gasteiger partial charge in [-0.15, -0.1) is 23.7 Å². The third kappa shape index (κ3) is 4.19. The van der Waals surface area contributed by atoms with Crippen molar-refractivity contribution in [1.82, 2.24) is 10.3 Å². The first-order valence-electron chi connectivity index (χ1n) is 8.15. The number of fused-ring (bicyclic) bond motifs is 1. The molecule has 3 rings (SSSR count). The topological polar surface area (TPSA) is 51.2 Å². The molecule has 0 bridgehead atoms. The van der Waals surface area contributed by atoms with Gasteiger partial charge < -0.3 is 10.1 Å². The zero-order valence-corrected chi connectivity index (χ0v) is 14.8. The summed E-state index contributed by atoms with van der Waals surface area (Å²) in [5.41, 5.74) is 0.368.